The fraction of sp³-hybridized carbons (Fsp3) is 0.406. The van der Waals surface area contributed by atoms with Crippen LogP contribution in [0.3, 0.4) is 0 Å². The van der Waals surface area contributed by atoms with Gasteiger partial charge >= 0.3 is 6.18 Å². The highest BCUT2D eigenvalue weighted by atomic mass is 19.4. The van der Waals surface area contributed by atoms with E-state index in [1.807, 2.05) is 32.2 Å². The van der Waals surface area contributed by atoms with Crippen LogP contribution >= 0.6 is 0 Å². The van der Waals surface area contributed by atoms with E-state index >= 15 is 0 Å². The second-order valence-electron chi connectivity index (χ2n) is 11.5. The molecule has 0 spiro atoms. The van der Waals surface area contributed by atoms with Crippen molar-refractivity contribution >= 4 is 16.9 Å². The molecule has 1 atom stereocenters. The second kappa shape index (κ2) is 12.1. The molecule has 1 saturated heterocycles. The molecule has 2 aliphatic heterocycles. The van der Waals surface area contributed by atoms with Gasteiger partial charge in [-0.1, -0.05) is 6.07 Å². The van der Waals surface area contributed by atoms with Gasteiger partial charge in [0.25, 0.3) is 0 Å². The smallest absolute Gasteiger partial charge is 0.421 e. The van der Waals surface area contributed by atoms with Crippen molar-refractivity contribution in [3.63, 3.8) is 0 Å². The number of pyridine rings is 2. The fourth-order valence-electron chi connectivity index (χ4n) is 5.98. The molecule has 0 unspecified atom stereocenters. The van der Waals surface area contributed by atoms with Gasteiger partial charge in [-0.25, -0.2) is 9.97 Å². The zero-order valence-corrected chi connectivity index (χ0v) is 24.5. The SMILES string of the molecule is C[C@H]1c2cc(Oc3ccnc4[nH]c(CO)cc34)ccc2CCN1C(=O)Cc1cnc(OC2CCN(C)CC2)c(C(F)(F)F)c1. The van der Waals surface area contributed by atoms with Crippen LogP contribution in [0.15, 0.2) is 48.8 Å². The summed E-state index contributed by atoms with van der Waals surface area (Å²) in [6.45, 7) is 3.69. The monoisotopic (exact) mass is 609 g/mol. The molecular formula is C32H34F3N5O4. The minimum Gasteiger partial charge on any atom is -0.474 e. The second-order valence-corrected chi connectivity index (χ2v) is 11.5. The van der Waals surface area contributed by atoms with Crippen molar-refractivity contribution in [1.82, 2.24) is 24.8 Å². The lowest BCUT2D eigenvalue weighted by molar-refractivity contribution is -0.140. The van der Waals surface area contributed by atoms with E-state index < -0.39 is 17.6 Å². The minimum absolute atomic E-state index is 0.153. The Hall–Kier alpha value is -4.16. The van der Waals surface area contributed by atoms with Crippen molar-refractivity contribution in [1.29, 1.82) is 0 Å². The number of benzene rings is 1. The van der Waals surface area contributed by atoms with E-state index in [0.29, 0.717) is 48.6 Å². The van der Waals surface area contributed by atoms with Gasteiger partial charge < -0.3 is 29.4 Å². The predicted octanol–water partition coefficient (Wildman–Crippen LogP) is 5.42. The third-order valence-electron chi connectivity index (χ3n) is 8.44. The average molecular weight is 610 g/mol. The number of carbonyl (C=O) groups excluding carboxylic acids is 1. The zero-order chi connectivity index (χ0) is 31.0. The average Bonchev–Trinajstić information content (AvgIpc) is 3.44. The van der Waals surface area contributed by atoms with Gasteiger partial charge in [0.15, 0.2) is 0 Å². The molecule has 5 heterocycles. The van der Waals surface area contributed by atoms with Crippen molar-refractivity contribution < 1.29 is 32.5 Å². The van der Waals surface area contributed by atoms with Crippen molar-refractivity contribution in [3.05, 3.63) is 76.7 Å². The predicted molar refractivity (Wildman–Crippen MR) is 156 cm³/mol. The maximum atomic E-state index is 14.0. The van der Waals surface area contributed by atoms with Crippen LogP contribution in [0.4, 0.5) is 13.2 Å². The Kier molecular flexibility index (Phi) is 8.21. The van der Waals surface area contributed by atoms with Crippen LogP contribution < -0.4 is 9.47 Å². The van der Waals surface area contributed by atoms with Crippen LogP contribution in [-0.2, 0) is 30.4 Å². The summed E-state index contributed by atoms with van der Waals surface area (Å²) >= 11 is 0. The first-order valence-corrected chi connectivity index (χ1v) is 14.7. The Balaban J connectivity index is 1.18. The number of aromatic amines is 1. The van der Waals surface area contributed by atoms with Gasteiger partial charge in [-0.3, -0.25) is 4.79 Å². The van der Waals surface area contributed by atoms with Crippen molar-refractivity contribution in [2.45, 2.75) is 57.5 Å². The number of likely N-dealkylation sites (tertiary alicyclic amines) is 1. The summed E-state index contributed by atoms with van der Waals surface area (Å²) in [4.78, 5) is 28.6. The highest BCUT2D eigenvalue weighted by Crippen LogP contribution is 2.38. The number of ether oxygens (including phenoxy) is 2. The third-order valence-corrected chi connectivity index (χ3v) is 8.44. The molecule has 12 heteroatoms. The summed E-state index contributed by atoms with van der Waals surface area (Å²) in [5, 5.41) is 10.2. The van der Waals surface area contributed by atoms with Crippen LogP contribution in [0.5, 0.6) is 17.4 Å². The van der Waals surface area contributed by atoms with Crippen LogP contribution in [0.1, 0.15) is 53.8 Å². The molecule has 1 aromatic carbocycles. The zero-order valence-electron chi connectivity index (χ0n) is 24.5. The summed E-state index contributed by atoms with van der Waals surface area (Å²) in [7, 11) is 1.97. The van der Waals surface area contributed by atoms with Gasteiger partial charge in [0.2, 0.25) is 11.8 Å². The van der Waals surface area contributed by atoms with Gasteiger partial charge in [-0.2, -0.15) is 13.2 Å². The first kappa shape index (κ1) is 29.9. The highest BCUT2D eigenvalue weighted by molar-refractivity contribution is 5.83. The van der Waals surface area contributed by atoms with Crippen LogP contribution in [0.25, 0.3) is 11.0 Å². The van der Waals surface area contributed by atoms with Gasteiger partial charge in [0, 0.05) is 37.7 Å². The number of hydrogen-bond acceptors (Lipinski definition) is 7. The first-order valence-electron chi connectivity index (χ1n) is 14.7. The number of H-pyrrole nitrogens is 1. The van der Waals surface area contributed by atoms with Gasteiger partial charge in [-0.15, -0.1) is 0 Å². The van der Waals surface area contributed by atoms with E-state index in [1.54, 1.807) is 23.2 Å². The molecule has 2 N–H and O–H groups in total. The molecule has 6 rings (SSSR count). The van der Waals surface area contributed by atoms with E-state index in [1.165, 1.54) is 6.20 Å². The molecule has 2 aliphatic rings. The molecule has 4 aromatic rings. The molecule has 9 nitrogen and oxygen atoms in total. The number of halogens is 3. The summed E-state index contributed by atoms with van der Waals surface area (Å²) in [6.07, 6.45) is -0.425. The number of fused-ring (bicyclic) bond motifs is 2. The van der Waals surface area contributed by atoms with Crippen molar-refractivity contribution in [2.24, 2.45) is 0 Å². The standard InChI is InChI=1S/C32H34F3N5O4/c1-19-25-16-24(43-28-5-9-36-30-26(28)15-22(18-41)38-30)4-3-21(25)6-12-40(19)29(42)14-20-13-27(32(33,34)35)31(37-17-20)44-23-7-10-39(2)11-8-23/h3-5,9,13,15-17,19,23,41H,6-8,10-12,14,18H2,1-2H3,(H,36,38)/t19-/m0/s1. The van der Waals surface area contributed by atoms with E-state index in [4.69, 9.17) is 9.47 Å². The minimum atomic E-state index is -4.67. The molecule has 0 aliphatic carbocycles. The summed E-state index contributed by atoms with van der Waals surface area (Å²) < 4.78 is 53.9. The molecule has 0 saturated carbocycles. The van der Waals surface area contributed by atoms with Gasteiger partial charge in [-0.05, 0) is 80.3 Å². The van der Waals surface area contributed by atoms with Gasteiger partial charge in [0.1, 0.15) is 28.8 Å². The number of carbonyl (C=O) groups is 1. The highest BCUT2D eigenvalue weighted by Gasteiger charge is 2.37. The molecule has 232 valence electrons. The van der Waals surface area contributed by atoms with Crippen LogP contribution in [0, 0.1) is 0 Å². The number of nitrogens with one attached hydrogen (secondary N) is 1. The number of aromatic nitrogens is 3. The Morgan fingerprint density at radius 1 is 1.11 bits per heavy atom. The van der Waals surface area contributed by atoms with E-state index in [9.17, 15) is 23.1 Å². The molecule has 0 radical (unpaired) electrons. The Bertz CT molecular complexity index is 1670. The van der Waals surface area contributed by atoms with Crippen molar-refractivity contribution in [2.75, 3.05) is 26.7 Å². The number of amides is 1. The Labute approximate surface area is 252 Å². The van der Waals surface area contributed by atoms with E-state index in [-0.39, 0.29) is 36.6 Å². The molecule has 1 fully saturated rings. The summed E-state index contributed by atoms with van der Waals surface area (Å²) in [6, 6.07) is 9.93. The third kappa shape index (κ3) is 6.22. The number of hydrogen-bond donors (Lipinski definition) is 2. The van der Waals surface area contributed by atoms with E-state index in [2.05, 4.69) is 19.9 Å². The Morgan fingerprint density at radius 2 is 1.91 bits per heavy atom. The maximum absolute atomic E-state index is 14.0. The number of aliphatic hydroxyl groups excluding tert-OH is 1. The lowest BCUT2D eigenvalue weighted by atomic mass is 9.92. The van der Waals surface area contributed by atoms with Crippen LogP contribution in [0.2, 0.25) is 0 Å². The fourth-order valence-corrected chi connectivity index (χ4v) is 5.98. The molecule has 1 amide bonds. The van der Waals surface area contributed by atoms with Crippen molar-refractivity contribution in [3.8, 4) is 17.4 Å². The van der Waals surface area contributed by atoms with E-state index in [0.717, 1.165) is 35.7 Å². The number of piperidine rings is 1. The van der Waals surface area contributed by atoms with Crippen LogP contribution in [-0.4, -0.2) is 68.6 Å². The quantitative estimate of drug-likeness (QED) is 0.288. The summed E-state index contributed by atoms with van der Waals surface area (Å²) in [5.41, 5.74) is 2.43. The molecular weight excluding hydrogens is 575 g/mol. The lowest BCUT2D eigenvalue weighted by Crippen LogP contribution is -2.39. The van der Waals surface area contributed by atoms with Gasteiger partial charge in [0.05, 0.1) is 24.5 Å². The normalized spacial score (nSPS) is 18.0. The first-order chi connectivity index (χ1) is 21.1. The topological polar surface area (TPSA) is 104 Å². The Morgan fingerprint density at radius 3 is 2.66 bits per heavy atom. The lowest BCUT2D eigenvalue weighted by Gasteiger charge is -2.35. The molecule has 44 heavy (non-hydrogen) atoms. The summed E-state index contributed by atoms with van der Waals surface area (Å²) in [5.74, 6) is 0.421. The number of aliphatic hydroxyl groups is 1. The number of rotatable bonds is 7. The maximum Gasteiger partial charge on any atom is 0.421 e. The molecule has 3 aromatic heterocycles. The number of nitrogens with zero attached hydrogens (tertiary/aromatic N) is 4. The molecule has 0 bridgehead atoms. The largest absolute Gasteiger partial charge is 0.474 e. The number of alkyl halides is 3.